The molecule has 4 rings (SSSR count). The normalized spacial score (nSPS) is 44.7. The third-order valence-corrected chi connectivity index (χ3v) is 9.40. The molecule has 1 amide bonds. The zero-order valence-corrected chi connectivity index (χ0v) is 18.2. The van der Waals surface area contributed by atoms with Crippen molar-refractivity contribution in [1.82, 2.24) is 5.32 Å². The summed E-state index contributed by atoms with van der Waals surface area (Å²) in [7, 11) is 1.00. The highest BCUT2D eigenvalue weighted by Gasteiger charge is 2.59. The Hall–Kier alpha value is -0.900. The largest absolute Gasteiger partial charge is 0.400 e. The molecule has 6 unspecified atom stereocenters. The zero-order chi connectivity index (χ0) is 20.4. The number of unbranched alkanes of at least 4 members (excludes halogenated alkanes) is 1. The molecule has 7 atom stereocenters. The van der Waals surface area contributed by atoms with Crippen LogP contribution in [-0.4, -0.2) is 30.5 Å². The number of aldehydes is 1. The fourth-order valence-corrected chi connectivity index (χ4v) is 7.83. The maximum Gasteiger partial charge on any atom is 0.220 e. The minimum absolute atomic E-state index is 0.323. The highest BCUT2D eigenvalue weighted by atomic mass is 16.2. The van der Waals surface area contributed by atoms with Gasteiger partial charge in [-0.3, -0.25) is 4.79 Å². The quantitative estimate of drug-likeness (QED) is 0.548. The summed E-state index contributed by atoms with van der Waals surface area (Å²) in [5.41, 5.74) is 0.723. The van der Waals surface area contributed by atoms with E-state index in [4.69, 9.17) is 5.11 Å². The van der Waals surface area contributed by atoms with E-state index in [1.165, 1.54) is 57.8 Å². The minimum atomic E-state index is 0.323. The van der Waals surface area contributed by atoms with Crippen LogP contribution < -0.4 is 5.32 Å². The average Bonchev–Trinajstić information content (AvgIpc) is 2.96. The summed E-state index contributed by atoms with van der Waals surface area (Å²) in [6.07, 6.45) is 15.2. The van der Waals surface area contributed by atoms with Gasteiger partial charge < -0.3 is 15.2 Å². The van der Waals surface area contributed by atoms with E-state index in [-0.39, 0.29) is 0 Å². The molecule has 4 nitrogen and oxygen atoms in total. The third-order valence-electron chi connectivity index (χ3n) is 9.40. The van der Waals surface area contributed by atoms with Gasteiger partial charge in [-0.2, -0.15) is 0 Å². The van der Waals surface area contributed by atoms with Crippen LogP contribution in [0.15, 0.2) is 0 Å². The number of hydrogen-bond acceptors (Lipinski definition) is 3. The standard InChI is InChI=1S/C23H37NO2.CH4O/c1-22-12-5-3-8-17(22)15-20(26)24-21-18-10-9-16(7-4-6-14-25)23(18,2)13-11-19(21)22;1-2/h14,16-19,21H,3-13,15H2,1-2H3,(H,24,26);2H,1H3/t16?,17?,18?,19?,21-,22?,23?;/m0./s1. The Balaban J connectivity index is 0.00000109. The molecule has 3 saturated carbocycles. The molecule has 0 spiro atoms. The SMILES string of the molecule is CC12CCC3[C@@H](NC(=O)CC4CCCCC43C)C1CCC2CCCC=O.CO. The van der Waals surface area contributed by atoms with Gasteiger partial charge in [0.1, 0.15) is 6.29 Å². The van der Waals surface area contributed by atoms with Crippen molar-refractivity contribution in [3.8, 4) is 0 Å². The van der Waals surface area contributed by atoms with Crippen molar-refractivity contribution in [2.75, 3.05) is 7.11 Å². The molecule has 0 aromatic rings. The molecule has 1 heterocycles. The summed E-state index contributed by atoms with van der Waals surface area (Å²) in [6, 6.07) is 0.394. The van der Waals surface area contributed by atoms with Crippen molar-refractivity contribution < 1.29 is 14.7 Å². The molecule has 0 bridgehead atoms. The molecular formula is C24H41NO3. The highest BCUT2D eigenvalue weighted by Crippen LogP contribution is 2.63. The minimum Gasteiger partial charge on any atom is -0.400 e. The van der Waals surface area contributed by atoms with E-state index in [0.717, 1.165) is 32.2 Å². The lowest BCUT2D eigenvalue weighted by Crippen LogP contribution is -2.56. The Morgan fingerprint density at radius 3 is 2.54 bits per heavy atom. The average molecular weight is 392 g/mol. The van der Waals surface area contributed by atoms with Crippen LogP contribution in [-0.2, 0) is 9.59 Å². The summed E-state index contributed by atoms with van der Waals surface area (Å²) in [5.74, 6) is 2.98. The Labute approximate surface area is 171 Å². The molecule has 0 aromatic heterocycles. The van der Waals surface area contributed by atoms with Crippen molar-refractivity contribution in [2.24, 2.45) is 34.5 Å². The highest BCUT2D eigenvalue weighted by molar-refractivity contribution is 5.77. The van der Waals surface area contributed by atoms with Crippen LogP contribution in [0.25, 0.3) is 0 Å². The predicted molar refractivity (Wildman–Crippen MR) is 112 cm³/mol. The Morgan fingerprint density at radius 1 is 1.04 bits per heavy atom. The van der Waals surface area contributed by atoms with E-state index >= 15 is 0 Å². The molecule has 1 saturated heterocycles. The van der Waals surface area contributed by atoms with Crippen LogP contribution in [0.5, 0.6) is 0 Å². The van der Waals surface area contributed by atoms with Crippen LogP contribution in [0.2, 0.25) is 0 Å². The van der Waals surface area contributed by atoms with Gasteiger partial charge in [-0.05, 0) is 85.9 Å². The first-order chi connectivity index (χ1) is 13.5. The van der Waals surface area contributed by atoms with Gasteiger partial charge in [0.15, 0.2) is 0 Å². The van der Waals surface area contributed by atoms with E-state index in [2.05, 4.69) is 19.2 Å². The van der Waals surface area contributed by atoms with Crippen molar-refractivity contribution in [2.45, 2.75) is 96.9 Å². The van der Waals surface area contributed by atoms with E-state index in [0.29, 0.717) is 47.0 Å². The molecule has 4 fully saturated rings. The molecule has 2 N–H and O–H groups in total. The molecule has 4 aliphatic rings. The lowest BCUT2D eigenvalue weighted by molar-refractivity contribution is -0.123. The Bertz CT molecular complexity index is 564. The first-order valence-corrected chi connectivity index (χ1v) is 11.7. The van der Waals surface area contributed by atoms with E-state index in [1.54, 1.807) is 0 Å². The molecule has 3 aliphatic carbocycles. The zero-order valence-electron chi connectivity index (χ0n) is 18.2. The van der Waals surface area contributed by atoms with Gasteiger partial charge in [0.25, 0.3) is 0 Å². The molecular weight excluding hydrogens is 350 g/mol. The first-order valence-electron chi connectivity index (χ1n) is 11.7. The van der Waals surface area contributed by atoms with Gasteiger partial charge in [-0.15, -0.1) is 0 Å². The number of hydrogen-bond donors (Lipinski definition) is 2. The Morgan fingerprint density at radius 2 is 1.79 bits per heavy atom. The smallest absolute Gasteiger partial charge is 0.220 e. The fourth-order valence-electron chi connectivity index (χ4n) is 7.83. The number of carbonyl (C=O) groups excluding carboxylic acids is 2. The van der Waals surface area contributed by atoms with Crippen LogP contribution in [0.3, 0.4) is 0 Å². The summed E-state index contributed by atoms with van der Waals surface area (Å²) >= 11 is 0. The topological polar surface area (TPSA) is 66.4 Å². The summed E-state index contributed by atoms with van der Waals surface area (Å²) in [4.78, 5) is 23.5. The van der Waals surface area contributed by atoms with Crippen LogP contribution in [0.4, 0.5) is 0 Å². The van der Waals surface area contributed by atoms with E-state index in [9.17, 15) is 9.59 Å². The molecule has 28 heavy (non-hydrogen) atoms. The van der Waals surface area contributed by atoms with E-state index < -0.39 is 0 Å². The number of carbonyl (C=O) groups is 2. The monoisotopic (exact) mass is 391 g/mol. The second-order valence-corrected chi connectivity index (χ2v) is 10.4. The number of amides is 1. The molecule has 0 radical (unpaired) electrons. The number of fused-ring (bicyclic) bond motifs is 5. The van der Waals surface area contributed by atoms with Gasteiger partial charge in [-0.1, -0.05) is 26.7 Å². The number of aliphatic hydroxyl groups is 1. The van der Waals surface area contributed by atoms with Gasteiger partial charge in [-0.25, -0.2) is 0 Å². The van der Waals surface area contributed by atoms with Crippen LogP contribution in [0, 0.1) is 34.5 Å². The predicted octanol–water partition coefficient (Wildman–Crippen LogP) is 4.49. The maximum absolute atomic E-state index is 12.8. The lowest BCUT2D eigenvalue weighted by atomic mass is 9.51. The third kappa shape index (κ3) is 3.66. The van der Waals surface area contributed by atoms with Gasteiger partial charge in [0.2, 0.25) is 5.91 Å². The second-order valence-electron chi connectivity index (χ2n) is 10.4. The number of aliphatic hydroxyl groups excluding tert-OH is 1. The van der Waals surface area contributed by atoms with Gasteiger partial charge in [0.05, 0.1) is 0 Å². The number of nitrogens with one attached hydrogen (secondary N) is 1. The van der Waals surface area contributed by atoms with Gasteiger partial charge >= 0.3 is 0 Å². The molecule has 160 valence electrons. The van der Waals surface area contributed by atoms with E-state index in [1.807, 2.05) is 0 Å². The first kappa shape index (κ1) is 21.8. The fraction of sp³-hybridized carbons (Fsp3) is 0.917. The summed E-state index contributed by atoms with van der Waals surface area (Å²) < 4.78 is 0. The molecule has 4 heteroatoms. The molecule has 0 aromatic carbocycles. The second kappa shape index (κ2) is 8.85. The summed E-state index contributed by atoms with van der Waals surface area (Å²) in [6.45, 7) is 5.03. The van der Waals surface area contributed by atoms with Crippen molar-refractivity contribution in [3.05, 3.63) is 0 Å². The number of rotatable bonds is 4. The van der Waals surface area contributed by atoms with Crippen molar-refractivity contribution in [1.29, 1.82) is 0 Å². The Kier molecular flexibility index (Phi) is 6.89. The maximum atomic E-state index is 12.8. The molecule has 1 aliphatic heterocycles. The van der Waals surface area contributed by atoms with Crippen molar-refractivity contribution >= 4 is 12.2 Å². The summed E-state index contributed by atoms with van der Waals surface area (Å²) in [5, 5.41) is 10.6. The lowest BCUT2D eigenvalue weighted by Gasteiger charge is -2.55. The van der Waals surface area contributed by atoms with Crippen LogP contribution >= 0.6 is 0 Å². The van der Waals surface area contributed by atoms with Crippen molar-refractivity contribution in [3.63, 3.8) is 0 Å². The van der Waals surface area contributed by atoms with Crippen LogP contribution in [0.1, 0.15) is 90.9 Å². The van der Waals surface area contributed by atoms with Gasteiger partial charge in [0, 0.05) is 26.0 Å².